The molecule has 0 bridgehead atoms. The highest BCUT2D eigenvalue weighted by Crippen LogP contribution is 2.20. The van der Waals surface area contributed by atoms with E-state index in [9.17, 15) is 9.59 Å². The topological polar surface area (TPSA) is 78.9 Å². The summed E-state index contributed by atoms with van der Waals surface area (Å²) in [6, 6.07) is -0.636. The van der Waals surface area contributed by atoms with Crippen molar-refractivity contribution >= 4 is 12.0 Å². The average molecular weight is 244 g/mol. The Kier molecular flexibility index (Phi) is 4.34. The van der Waals surface area contributed by atoms with Gasteiger partial charge < -0.3 is 4.74 Å². The summed E-state index contributed by atoms with van der Waals surface area (Å²) in [7, 11) is 0. The lowest BCUT2D eigenvalue weighted by atomic mass is 10.0. The van der Waals surface area contributed by atoms with E-state index in [-0.39, 0.29) is 0 Å². The molecule has 1 heterocycles. The van der Waals surface area contributed by atoms with Gasteiger partial charge in [0.15, 0.2) is 0 Å². The summed E-state index contributed by atoms with van der Waals surface area (Å²) in [5, 5.41) is 8.64. The molecule has 1 fully saturated rings. The zero-order valence-electron chi connectivity index (χ0n) is 10.5. The fourth-order valence-corrected chi connectivity index (χ4v) is 1.82. The molecule has 98 valence electrons. The van der Waals surface area contributed by atoms with Crippen LogP contribution in [0.5, 0.6) is 0 Å². The van der Waals surface area contributed by atoms with Gasteiger partial charge in [0.2, 0.25) is 0 Å². The van der Waals surface area contributed by atoms with Crippen LogP contribution in [0.4, 0.5) is 4.79 Å². The quantitative estimate of drug-likeness (QED) is 0.538. The molecule has 1 saturated heterocycles. The highest BCUT2D eigenvalue weighted by molar-refractivity contribution is 5.85. The first kappa shape index (κ1) is 13.8. The first-order valence-electron chi connectivity index (χ1n) is 5.79. The molecule has 0 aromatic heterocycles. The minimum absolute atomic E-state index is 0.479. The van der Waals surface area contributed by atoms with Gasteiger partial charge in [-0.3, -0.25) is 14.9 Å². The molecule has 6 heteroatoms. The van der Waals surface area contributed by atoms with Crippen LogP contribution < -0.4 is 5.48 Å². The lowest BCUT2D eigenvalue weighted by molar-refractivity contribution is -0.135. The van der Waals surface area contributed by atoms with E-state index in [2.05, 4.69) is 0 Å². The molecule has 0 saturated carbocycles. The van der Waals surface area contributed by atoms with Crippen LogP contribution in [0.2, 0.25) is 0 Å². The van der Waals surface area contributed by atoms with Gasteiger partial charge in [0.1, 0.15) is 11.6 Å². The molecule has 17 heavy (non-hydrogen) atoms. The molecule has 1 atom stereocenters. The smallest absolute Gasteiger partial charge is 0.410 e. The molecule has 0 spiro atoms. The highest BCUT2D eigenvalue weighted by Gasteiger charge is 2.34. The number of hydroxylamine groups is 1. The van der Waals surface area contributed by atoms with Crippen LogP contribution in [0.1, 0.15) is 40.0 Å². The summed E-state index contributed by atoms with van der Waals surface area (Å²) in [5.41, 5.74) is 1.01. The Morgan fingerprint density at radius 3 is 2.53 bits per heavy atom. The minimum Gasteiger partial charge on any atom is -0.444 e. The normalized spacial score (nSPS) is 20.9. The van der Waals surface area contributed by atoms with Gasteiger partial charge in [-0.2, -0.15) is 0 Å². The van der Waals surface area contributed by atoms with Crippen molar-refractivity contribution in [3.05, 3.63) is 0 Å². The molecule has 0 aromatic carbocycles. The summed E-state index contributed by atoms with van der Waals surface area (Å²) in [6.45, 7) is 5.80. The molecule has 0 aliphatic carbocycles. The average Bonchev–Trinajstić information content (AvgIpc) is 2.25. The monoisotopic (exact) mass is 244 g/mol. The SMILES string of the molecule is CC(C)(C)OC(=O)N1CCCCC1C(=O)NO. The summed E-state index contributed by atoms with van der Waals surface area (Å²) in [4.78, 5) is 24.7. The maximum Gasteiger partial charge on any atom is 0.410 e. The molecule has 1 rings (SSSR count). The molecule has 1 aliphatic heterocycles. The van der Waals surface area contributed by atoms with Gasteiger partial charge in [-0.05, 0) is 40.0 Å². The third kappa shape index (κ3) is 3.89. The summed E-state index contributed by atoms with van der Waals surface area (Å²) in [6.07, 6.45) is 1.74. The van der Waals surface area contributed by atoms with Gasteiger partial charge in [-0.1, -0.05) is 0 Å². The number of nitrogens with one attached hydrogen (secondary N) is 1. The molecule has 1 aliphatic rings. The number of carbonyl (C=O) groups is 2. The van der Waals surface area contributed by atoms with Crippen LogP contribution in [0.15, 0.2) is 0 Å². The molecule has 1 unspecified atom stereocenters. The Morgan fingerprint density at radius 2 is 2.00 bits per heavy atom. The Labute approximate surface area is 101 Å². The fourth-order valence-electron chi connectivity index (χ4n) is 1.82. The van der Waals surface area contributed by atoms with Gasteiger partial charge >= 0.3 is 6.09 Å². The second kappa shape index (κ2) is 5.35. The third-order valence-electron chi connectivity index (χ3n) is 2.54. The van der Waals surface area contributed by atoms with Gasteiger partial charge in [-0.25, -0.2) is 10.3 Å². The third-order valence-corrected chi connectivity index (χ3v) is 2.54. The Morgan fingerprint density at radius 1 is 1.35 bits per heavy atom. The van der Waals surface area contributed by atoms with Crippen molar-refractivity contribution in [2.45, 2.75) is 51.7 Å². The molecule has 0 aromatic rings. The first-order chi connectivity index (χ1) is 7.85. The summed E-state index contributed by atoms with van der Waals surface area (Å²) >= 11 is 0. The Hall–Kier alpha value is -1.30. The van der Waals surface area contributed by atoms with Crippen LogP contribution in [-0.2, 0) is 9.53 Å². The van der Waals surface area contributed by atoms with Gasteiger partial charge in [0.25, 0.3) is 5.91 Å². The molecule has 6 nitrogen and oxygen atoms in total. The van der Waals surface area contributed by atoms with E-state index in [0.717, 1.165) is 12.8 Å². The van der Waals surface area contributed by atoms with Crippen LogP contribution in [0.3, 0.4) is 0 Å². The van der Waals surface area contributed by atoms with E-state index in [4.69, 9.17) is 9.94 Å². The van der Waals surface area contributed by atoms with Crippen LogP contribution >= 0.6 is 0 Å². The predicted molar refractivity (Wildman–Crippen MR) is 60.5 cm³/mol. The second-order valence-electron chi connectivity index (χ2n) is 5.16. The van der Waals surface area contributed by atoms with Crippen molar-refractivity contribution in [3.63, 3.8) is 0 Å². The molecule has 0 radical (unpaired) electrons. The largest absolute Gasteiger partial charge is 0.444 e. The maximum atomic E-state index is 11.9. The number of rotatable bonds is 1. The lowest BCUT2D eigenvalue weighted by Crippen LogP contribution is -2.52. The highest BCUT2D eigenvalue weighted by atomic mass is 16.6. The number of nitrogens with zero attached hydrogens (tertiary/aromatic N) is 1. The van der Waals surface area contributed by atoms with E-state index < -0.39 is 23.6 Å². The van der Waals surface area contributed by atoms with E-state index >= 15 is 0 Å². The van der Waals surface area contributed by atoms with E-state index in [1.54, 1.807) is 26.3 Å². The van der Waals surface area contributed by atoms with Crippen molar-refractivity contribution in [2.24, 2.45) is 0 Å². The van der Waals surface area contributed by atoms with Crippen molar-refractivity contribution in [1.82, 2.24) is 10.4 Å². The number of amides is 2. The van der Waals surface area contributed by atoms with Gasteiger partial charge in [-0.15, -0.1) is 0 Å². The molecular weight excluding hydrogens is 224 g/mol. The zero-order valence-corrected chi connectivity index (χ0v) is 10.5. The Bertz CT molecular complexity index is 298. The van der Waals surface area contributed by atoms with Crippen LogP contribution in [0, 0.1) is 0 Å². The molecular formula is C11H20N2O4. The van der Waals surface area contributed by atoms with Crippen molar-refractivity contribution < 1.29 is 19.5 Å². The van der Waals surface area contributed by atoms with Crippen LogP contribution in [0.25, 0.3) is 0 Å². The van der Waals surface area contributed by atoms with Crippen molar-refractivity contribution in [1.29, 1.82) is 0 Å². The fraction of sp³-hybridized carbons (Fsp3) is 0.818. The van der Waals surface area contributed by atoms with Crippen LogP contribution in [-0.4, -0.2) is 40.3 Å². The number of ether oxygens (including phenoxy) is 1. The number of carbonyl (C=O) groups excluding carboxylic acids is 2. The molecule has 2 amide bonds. The van der Waals surface area contributed by atoms with E-state index in [1.165, 1.54) is 4.90 Å². The first-order valence-corrected chi connectivity index (χ1v) is 5.79. The van der Waals surface area contributed by atoms with E-state index in [0.29, 0.717) is 13.0 Å². The van der Waals surface area contributed by atoms with E-state index in [1.807, 2.05) is 0 Å². The van der Waals surface area contributed by atoms with Gasteiger partial charge in [0, 0.05) is 6.54 Å². The molecule has 2 N–H and O–H groups in total. The lowest BCUT2D eigenvalue weighted by Gasteiger charge is -2.35. The number of piperidine rings is 1. The maximum absolute atomic E-state index is 11.9. The summed E-state index contributed by atoms with van der Waals surface area (Å²) in [5.74, 6) is -0.560. The van der Waals surface area contributed by atoms with Gasteiger partial charge in [0.05, 0.1) is 0 Å². The number of likely N-dealkylation sites (tertiary alicyclic amines) is 1. The van der Waals surface area contributed by atoms with Crippen molar-refractivity contribution in [2.75, 3.05) is 6.54 Å². The van der Waals surface area contributed by atoms with Crippen molar-refractivity contribution in [3.8, 4) is 0 Å². The minimum atomic E-state index is -0.636. The number of hydrogen-bond donors (Lipinski definition) is 2. The summed E-state index contributed by atoms with van der Waals surface area (Å²) < 4.78 is 5.23. The Balaban J connectivity index is 2.71. The second-order valence-corrected chi connectivity index (χ2v) is 5.16. The standard InChI is InChI=1S/C11H20N2O4/c1-11(2,3)17-10(15)13-7-5-4-6-8(13)9(14)12-16/h8,16H,4-7H2,1-3H3,(H,12,14). The predicted octanol–water partition coefficient (Wildman–Crippen LogP) is 1.28. The zero-order chi connectivity index (χ0) is 13.1. The number of hydrogen-bond acceptors (Lipinski definition) is 4.